The number of ether oxygens (including phenoxy) is 2. The number of aryl methyl sites for hydroxylation is 1. The fourth-order valence-electron chi connectivity index (χ4n) is 1.04. The lowest BCUT2D eigenvalue weighted by molar-refractivity contribution is -0.133. The number of hydrogen-bond donors (Lipinski definition) is 0. The molecule has 0 aliphatic heterocycles. The van der Waals surface area contributed by atoms with Gasteiger partial charge in [-0.25, -0.2) is 9.59 Å². The molecular weight excluding hydrogens is 212 g/mol. The van der Waals surface area contributed by atoms with Crippen LogP contribution in [0.15, 0.2) is 6.20 Å². The third kappa shape index (κ3) is 2.39. The molecule has 0 amide bonds. The Bertz CT molecular complexity index is 479. The van der Waals surface area contributed by atoms with E-state index in [9.17, 15) is 9.59 Å². The summed E-state index contributed by atoms with van der Waals surface area (Å²) in [6.07, 6.45) is 1.38. The average Bonchev–Trinajstić information content (AvgIpc) is 2.66. The summed E-state index contributed by atoms with van der Waals surface area (Å²) < 4.78 is 10.2. The molecule has 0 bridgehead atoms. The van der Waals surface area contributed by atoms with Gasteiger partial charge in [0.05, 0.1) is 26.0 Å². The normalized spacial score (nSPS) is 8.94. The number of nitrogens with zero attached hydrogens (tertiary/aromatic N) is 2. The summed E-state index contributed by atoms with van der Waals surface area (Å²) in [6, 6.07) is 0. The van der Waals surface area contributed by atoms with Crippen LogP contribution in [0.3, 0.4) is 0 Å². The quantitative estimate of drug-likeness (QED) is 0.483. The minimum atomic E-state index is -0.681. The van der Waals surface area contributed by atoms with E-state index in [0.717, 1.165) is 0 Å². The Labute approximate surface area is 92.1 Å². The molecule has 0 atom stereocenters. The van der Waals surface area contributed by atoms with Gasteiger partial charge in [-0.2, -0.15) is 5.10 Å². The van der Waals surface area contributed by atoms with Crippen LogP contribution in [0, 0.1) is 11.8 Å². The summed E-state index contributed by atoms with van der Waals surface area (Å²) in [5.74, 6) is 3.46. The molecule has 0 spiro atoms. The van der Waals surface area contributed by atoms with Crippen molar-refractivity contribution in [3.8, 4) is 11.8 Å². The Balaban J connectivity index is 3.09. The first-order valence-electron chi connectivity index (χ1n) is 4.30. The van der Waals surface area contributed by atoms with E-state index >= 15 is 0 Å². The summed E-state index contributed by atoms with van der Waals surface area (Å²) in [6.45, 7) is 0. The number of carbonyl (C=O) groups is 2. The molecule has 1 rings (SSSR count). The van der Waals surface area contributed by atoms with Gasteiger partial charge < -0.3 is 9.47 Å². The van der Waals surface area contributed by atoms with Crippen molar-refractivity contribution in [1.29, 1.82) is 0 Å². The minimum Gasteiger partial charge on any atom is -0.464 e. The fraction of sp³-hybridized carbons (Fsp3) is 0.300. The van der Waals surface area contributed by atoms with Gasteiger partial charge in [0, 0.05) is 13.0 Å². The molecule has 1 aromatic heterocycles. The van der Waals surface area contributed by atoms with E-state index < -0.39 is 11.9 Å². The van der Waals surface area contributed by atoms with E-state index in [4.69, 9.17) is 0 Å². The lowest BCUT2D eigenvalue weighted by Crippen LogP contribution is -2.10. The molecule has 84 valence electrons. The molecule has 0 aliphatic rings. The van der Waals surface area contributed by atoms with Crippen molar-refractivity contribution in [2.24, 2.45) is 7.05 Å². The Morgan fingerprint density at radius 2 is 2.06 bits per heavy atom. The summed E-state index contributed by atoms with van der Waals surface area (Å²) >= 11 is 0. The van der Waals surface area contributed by atoms with Crippen LogP contribution >= 0.6 is 0 Å². The third-order valence-corrected chi connectivity index (χ3v) is 1.80. The number of rotatable bonds is 1. The summed E-state index contributed by atoms with van der Waals surface area (Å²) in [5, 5.41) is 3.85. The first kappa shape index (κ1) is 11.8. The maximum Gasteiger partial charge on any atom is 0.384 e. The second-order valence-electron chi connectivity index (χ2n) is 2.76. The van der Waals surface area contributed by atoms with Crippen molar-refractivity contribution >= 4 is 11.9 Å². The van der Waals surface area contributed by atoms with E-state index in [2.05, 4.69) is 26.4 Å². The summed E-state index contributed by atoms with van der Waals surface area (Å²) in [4.78, 5) is 22.2. The van der Waals surface area contributed by atoms with E-state index in [1.807, 2.05) is 0 Å². The van der Waals surface area contributed by atoms with Gasteiger partial charge in [0.25, 0.3) is 0 Å². The molecule has 0 aromatic carbocycles. The molecule has 16 heavy (non-hydrogen) atoms. The molecule has 0 unspecified atom stereocenters. The Hall–Kier alpha value is -2.29. The van der Waals surface area contributed by atoms with Gasteiger partial charge in [0.2, 0.25) is 0 Å². The zero-order valence-corrected chi connectivity index (χ0v) is 9.10. The van der Waals surface area contributed by atoms with Gasteiger partial charge in [-0.05, 0) is 0 Å². The van der Waals surface area contributed by atoms with E-state index in [1.165, 1.54) is 25.1 Å². The van der Waals surface area contributed by atoms with Crippen LogP contribution in [0.2, 0.25) is 0 Å². The highest BCUT2D eigenvalue weighted by Crippen LogP contribution is 2.07. The topological polar surface area (TPSA) is 70.4 Å². The van der Waals surface area contributed by atoms with Crippen LogP contribution in [0.1, 0.15) is 16.1 Å². The maximum atomic E-state index is 11.4. The van der Waals surface area contributed by atoms with Crippen LogP contribution in [0.25, 0.3) is 0 Å². The lowest BCUT2D eigenvalue weighted by atomic mass is 10.2. The molecule has 0 saturated heterocycles. The molecule has 1 aromatic rings. The second kappa shape index (κ2) is 4.98. The highest BCUT2D eigenvalue weighted by atomic mass is 16.5. The van der Waals surface area contributed by atoms with Gasteiger partial charge in [-0.15, -0.1) is 0 Å². The van der Waals surface area contributed by atoms with Crippen molar-refractivity contribution in [1.82, 2.24) is 9.78 Å². The van der Waals surface area contributed by atoms with Gasteiger partial charge in [0.15, 0.2) is 5.69 Å². The number of esters is 2. The van der Waals surface area contributed by atoms with Crippen molar-refractivity contribution in [2.75, 3.05) is 14.2 Å². The molecule has 0 N–H and O–H groups in total. The third-order valence-electron chi connectivity index (χ3n) is 1.80. The Morgan fingerprint density at radius 3 is 2.62 bits per heavy atom. The molecule has 6 nitrogen and oxygen atoms in total. The van der Waals surface area contributed by atoms with Crippen LogP contribution in [0.4, 0.5) is 0 Å². The predicted octanol–water partition coefficient (Wildman–Crippen LogP) is -0.269. The second-order valence-corrected chi connectivity index (χ2v) is 2.76. The molecule has 1 heterocycles. The van der Waals surface area contributed by atoms with Gasteiger partial charge >= 0.3 is 11.9 Å². The molecule has 0 saturated carbocycles. The van der Waals surface area contributed by atoms with Gasteiger partial charge in [-0.1, -0.05) is 5.92 Å². The SMILES string of the molecule is COC(=O)C#Cc1cnn(C)c1C(=O)OC. The van der Waals surface area contributed by atoms with Crippen LogP contribution in [0.5, 0.6) is 0 Å². The number of aromatic nitrogens is 2. The monoisotopic (exact) mass is 222 g/mol. The molecule has 0 fully saturated rings. The van der Waals surface area contributed by atoms with Crippen LogP contribution < -0.4 is 0 Å². The van der Waals surface area contributed by atoms with Gasteiger partial charge in [0.1, 0.15) is 0 Å². The highest BCUT2D eigenvalue weighted by molar-refractivity contribution is 5.93. The first-order valence-corrected chi connectivity index (χ1v) is 4.30. The number of hydrogen-bond acceptors (Lipinski definition) is 5. The standard InChI is InChI=1S/C10H10N2O4/c1-12-9(10(14)16-3)7(6-11-12)4-5-8(13)15-2/h6H,1-3H3. The molecule has 6 heteroatoms. The van der Waals surface area contributed by atoms with Crippen molar-refractivity contribution < 1.29 is 19.1 Å². The first-order chi connectivity index (χ1) is 7.60. The van der Waals surface area contributed by atoms with Crippen molar-refractivity contribution in [2.45, 2.75) is 0 Å². The van der Waals surface area contributed by atoms with Gasteiger partial charge in [-0.3, -0.25) is 4.68 Å². The van der Waals surface area contributed by atoms with E-state index in [-0.39, 0.29) is 5.69 Å². The Morgan fingerprint density at radius 1 is 1.38 bits per heavy atom. The molecule has 0 radical (unpaired) electrons. The zero-order valence-electron chi connectivity index (χ0n) is 9.10. The van der Waals surface area contributed by atoms with Crippen LogP contribution in [-0.4, -0.2) is 35.9 Å². The van der Waals surface area contributed by atoms with Crippen molar-refractivity contribution in [3.63, 3.8) is 0 Å². The summed E-state index contributed by atoms with van der Waals surface area (Å²) in [5.41, 5.74) is 0.513. The fourth-order valence-corrected chi connectivity index (χ4v) is 1.04. The smallest absolute Gasteiger partial charge is 0.384 e. The van der Waals surface area contributed by atoms with E-state index in [0.29, 0.717) is 5.56 Å². The minimum absolute atomic E-state index is 0.193. The largest absolute Gasteiger partial charge is 0.464 e. The molecular formula is C10H10N2O4. The summed E-state index contributed by atoms with van der Waals surface area (Å²) in [7, 11) is 4.06. The number of carbonyl (C=O) groups excluding carboxylic acids is 2. The zero-order chi connectivity index (χ0) is 12.1. The average molecular weight is 222 g/mol. The number of methoxy groups -OCH3 is 2. The lowest BCUT2D eigenvalue weighted by Gasteiger charge is -1.99. The van der Waals surface area contributed by atoms with Crippen molar-refractivity contribution in [3.05, 3.63) is 17.5 Å². The predicted molar refractivity (Wildman–Crippen MR) is 53.4 cm³/mol. The van der Waals surface area contributed by atoms with E-state index in [1.54, 1.807) is 7.05 Å². The highest BCUT2D eigenvalue weighted by Gasteiger charge is 2.15. The maximum absolute atomic E-state index is 11.4. The Kier molecular flexibility index (Phi) is 3.67. The van der Waals surface area contributed by atoms with Crippen LogP contribution in [-0.2, 0) is 21.3 Å². The molecule has 0 aliphatic carbocycles.